The summed E-state index contributed by atoms with van der Waals surface area (Å²) in [7, 11) is 0. The molecule has 0 amide bonds. The molecule has 1 unspecified atom stereocenters. The number of nitrogens with two attached hydrogens (primary N) is 1. The Labute approximate surface area is 78.1 Å². The second kappa shape index (κ2) is 3.52. The lowest BCUT2D eigenvalue weighted by molar-refractivity contribution is 0.260. The number of hydrogen-bond acceptors (Lipinski definition) is 7. The van der Waals surface area contributed by atoms with Crippen molar-refractivity contribution in [2.24, 2.45) is 5.73 Å². The fourth-order valence-corrected chi connectivity index (χ4v) is 0.876. The molecule has 2 aromatic rings. The van der Waals surface area contributed by atoms with Gasteiger partial charge in [-0.25, -0.2) is 0 Å². The van der Waals surface area contributed by atoms with Gasteiger partial charge in [-0.05, 0) is 0 Å². The maximum atomic E-state index is 8.75. The zero-order valence-corrected chi connectivity index (χ0v) is 7.08. The van der Waals surface area contributed by atoms with Crippen LogP contribution in [-0.2, 0) is 0 Å². The molecule has 0 aromatic carbocycles. The van der Waals surface area contributed by atoms with Crippen LogP contribution in [0.2, 0.25) is 0 Å². The lowest BCUT2D eigenvalue weighted by Crippen LogP contribution is -2.15. The molecule has 2 aromatic heterocycles. The Bertz CT molecular complexity index is 396. The van der Waals surface area contributed by atoms with Crippen LogP contribution in [0, 0.1) is 0 Å². The number of nitrogens with zero attached hydrogens (tertiary/aromatic N) is 4. The van der Waals surface area contributed by atoms with Crippen LogP contribution < -0.4 is 5.73 Å². The average molecular weight is 196 g/mol. The van der Waals surface area contributed by atoms with Crippen molar-refractivity contribution >= 4 is 0 Å². The van der Waals surface area contributed by atoms with Crippen LogP contribution in [0.3, 0.4) is 0 Å². The van der Waals surface area contributed by atoms with Gasteiger partial charge in [-0.15, -0.1) is 0 Å². The van der Waals surface area contributed by atoms with E-state index in [-0.39, 0.29) is 18.3 Å². The Kier molecular flexibility index (Phi) is 2.21. The van der Waals surface area contributed by atoms with E-state index in [1.807, 2.05) is 0 Å². The summed E-state index contributed by atoms with van der Waals surface area (Å²) in [5.41, 5.74) is 5.92. The number of rotatable bonds is 3. The predicted molar refractivity (Wildman–Crippen MR) is 43.7 cm³/mol. The van der Waals surface area contributed by atoms with Crippen molar-refractivity contribution in [3.63, 3.8) is 0 Å². The zero-order chi connectivity index (χ0) is 9.97. The molecule has 0 bridgehead atoms. The smallest absolute Gasteiger partial charge is 0.280 e. The molecule has 1 atom stereocenters. The summed E-state index contributed by atoms with van der Waals surface area (Å²) in [5, 5.41) is 22.1. The third-order valence-corrected chi connectivity index (χ3v) is 1.60. The lowest BCUT2D eigenvalue weighted by Gasteiger charge is -1.98. The van der Waals surface area contributed by atoms with Gasteiger partial charge in [0.2, 0.25) is 0 Å². The highest BCUT2D eigenvalue weighted by atomic mass is 16.5. The van der Waals surface area contributed by atoms with E-state index in [0.29, 0.717) is 5.69 Å². The second-order valence-electron chi connectivity index (χ2n) is 2.60. The molecule has 74 valence electrons. The number of hydrogen-bond donors (Lipinski definition) is 3. The van der Waals surface area contributed by atoms with Gasteiger partial charge < -0.3 is 15.4 Å². The monoisotopic (exact) mass is 196 g/mol. The summed E-state index contributed by atoms with van der Waals surface area (Å²) in [4.78, 5) is 3.94. The van der Waals surface area contributed by atoms with E-state index >= 15 is 0 Å². The minimum Gasteiger partial charge on any atom is -0.394 e. The Balaban J connectivity index is 2.26. The van der Waals surface area contributed by atoms with E-state index < -0.39 is 6.04 Å². The Morgan fingerprint density at radius 3 is 3.14 bits per heavy atom. The van der Waals surface area contributed by atoms with E-state index in [9.17, 15) is 0 Å². The highest BCUT2D eigenvalue weighted by Gasteiger charge is 2.15. The minimum atomic E-state index is -0.639. The summed E-state index contributed by atoms with van der Waals surface area (Å²) in [5.74, 6) is 0.461. The van der Waals surface area contributed by atoms with Crippen molar-refractivity contribution in [1.29, 1.82) is 0 Å². The van der Waals surface area contributed by atoms with Crippen LogP contribution in [0.5, 0.6) is 0 Å². The molecule has 8 heteroatoms. The molecule has 0 aliphatic heterocycles. The van der Waals surface area contributed by atoms with Gasteiger partial charge >= 0.3 is 0 Å². The number of aliphatic hydroxyl groups is 1. The molecule has 0 fully saturated rings. The van der Waals surface area contributed by atoms with Crippen LogP contribution >= 0.6 is 0 Å². The standard InChI is InChI=1S/C6H8N6O2/c7-3(2-13)5-9-6(14-11-5)4-1-8-12-10-4/h1,3,13H,2,7H2,(H,8,10,12). The van der Waals surface area contributed by atoms with Gasteiger partial charge in [-0.3, -0.25) is 0 Å². The third-order valence-electron chi connectivity index (χ3n) is 1.60. The van der Waals surface area contributed by atoms with Crippen LogP contribution in [0.15, 0.2) is 10.7 Å². The molecule has 2 heterocycles. The molecule has 2 rings (SSSR count). The first kappa shape index (κ1) is 8.78. The average Bonchev–Trinajstić information content (AvgIpc) is 2.86. The van der Waals surface area contributed by atoms with Gasteiger partial charge in [0.05, 0.1) is 18.8 Å². The Hall–Kier alpha value is -1.80. The molecule has 8 nitrogen and oxygen atoms in total. The zero-order valence-electron chi connectivity index (χ0n) is 7.08. The van der Waals surface area contributed by atoms with Crippen molar-refractivity contribution in [3.8, 4) is 11.6 Å². The van der Waals surface area contributed by atoms with Crippen molar-refractivity contribution in [2.45, 2.75) is 6.04 Å². The predicted octanol–water partition coefficient (Wildman–Crippen LogP) is -1.15. The van der Waals surface area contributed by atoms with Gasteiger partial charge in [0.25, 0.3) is 5.89 Å². The first-order valence-electron chi connectivity index (χ1n) is 3.87. The summed E-state index contributed by atoms with van der Waals surface area (Å²) >= 11 is 0. The first-order chi connectivity index (χ1) is 6.81. The molecule has 0 spiro atoms. The fourth-order valence-electron chi connectivity index (χ4n) is 0.876. The highest BCUT2D eigenvalue weighted by Crippen LogP contribution is 2.14. The number of aromatic amines is 1. The van der Waals surface area contributed by atoms with Gasteiger partial charge in [0.15, 0.2) is 11.5 Å². The van der Waals surface area contributed by atoms with E-state index in [2.05, 4.69) is 25.6 Å². The number of aliphatic hydroxyl groups excluding tert-OH is 1. The second-order valence-corrected chi connectivity index (χ2v) is 2.60. The van der Waals surface area contributed by atoms with Crippen LogP contribution in [0.4, 0.5) is 0 Å². The number of aromatic nitrogens is 5. The van der Waals surface area contributed by atoms with E-state index in [1.54, 1.807) is 0 Å². The topological polar surface area (TPSA) is 127 Å². The number of H-pyrrole nitrogens is 1. The molecule has 0 saturated heterocycles. The van der Waals surface area contributed by atoms with E-state index in [1.165, 1.54) is 6.20 Å². The summed E-state index contributed by atoms with van der Waals surface area (Å²) in [6.07, 6.45) is 1.45. The SMILES string of the molecule is NC(CO)c1noc(-c2cn[nH]n2)n1. The highest BCUT2D eigenvalue weighted by molar-refractivity contribution is 5.42. The Morgan fingerprint density at radius 2 is 2.50 bits per heavy atom. The van der Waals surface area contributed by atoms with Gasteiger partial charge in [-0.1, -0.05) is 5.16 Å². The Morgan fingerprint density at radius 1 is 1.64 bits per heavy atom. The minimum absolute atomic E-state index is 0.220. The molecular formula is C6H8N6O2. The largest absolute Gasteiger partial charge is 0.394 e. The lowest BCUT2D eigenvalue weighted by atomic mass is 10.3. The van der Waals surface area contributed by atoms with Crippen molar-refractivity contribution < 1.29 is 9.63 Å². The molecule has 0 radical (unpaired) electrons. The molecular weight excluding hydrogens is 188 g/mol. The summed E-state index contributed by atoms with van der Waals surface area (Å²) < 4.78 is 4.86. The van der Waals surface area contributed by atoms with Crippen molar-refractivity contribution in [3.05, 3.63) is 12.0 Å². The molecule has 0 aliphatic rings. The molecule has 0 aliphatic carbocycles. The molecule has 4 N–H and O–H groups in total. The normalized spacial score (nSPS) is 13.0. The maximum Gasteiger partial charge on any atom is 0.280 e. The quantitative estimate of drug-likeness (QED) is 0.565. The molecule has 14 heavy (non-hydrogen) atoms. The van der Waals surface area contributed by atoms with E-state index in [0.717, 1.165) is 0 Å². The van der Waals surface area contributed by atoms with Crippen LogP contribution in [-0.4, -0.2) is 37.3 Å². The molecule has 0 saturated carbocycles. The van der Waals surface area contributed by atoms with Crippen molar-refractivity contribution in [2.75, 3.05) is 6.61 Å². The number of nitrogens with one attached hydrogen (secondary N) is 1. The summed E-state index contributed by atoms with van der Waals surface area (Å²) in [6, 6.07) is -0.639. The van der Waals surface area contributed by atoms with Crippen LogP contribution in [0.1, 0.15) is 11.9 Å². The first-order valence-corrected chi connectivity index (χ1v) is 3.87. The van der Waals surface area contributed by atoms with E-state index in [4.69, 9.17) is 15.4 Å². The van der Waals surface area contributed by atoms with Gasteiger partial charge in [0, 0.05) is 0 Å². The van der Waals surface area contributed by atoms with Crippen LogP contribution in [0.25, 0.3) is 11.6 Å². The maximum absolute atomic E-state index is 8.75. The third kappa shape index (κ3) is 1.47. The van der Waals surface area contributed by atoms with Crippen molar-refractivity contribution in [1.82, 2.24) is 25.6 Å². The fraction of sp³-hybridized carbons (Fsp3) is 0.333. The van der Waals surface area contributed by atoms with Gasteiger partial charge in [-0.2, -0.15) is 20.4 Å². The van der Waals surface area contributed by atoms with Gasteiger partial charge in [0.1, 0.15) is 0 Å². The summed E-state index contributed by atoms with van der Waals surface area (Å²) in [6.45, 7) is -0.238.